The summed E-state index contributed by atoms with van der Waals surface area (Å²) in [6, 6.07) is 0. The second-order valence-corrected chi connectivity index (χ2v) is 5.60. The van der Waals surface area contributed by atoms with Crippen LogP contribution < -0.4 is 0 Å². The first-order chi connectivity index (χ1) is 9.20. The first kappa shape index (κ1) is 14.7. The summed E-state index contributed by atoms with van der Waals surface area (Å²) in [7, 11) is 0. The Morgan fingerprint density at radius 2 is 1.95 bits per heavy atom. The zero-order valence-corrected chi connectivity index (χ0v) is 12.0. The summed E-state index contributed by atoms with van der Waals surface area (Å²) in [6.45, 7) is 6.54. The quantitative estimate of drug-likeness (QED) is 0.765. The van der Waals surface area contributed by atoms with E-state index in [0.717, 1.165) is 0 Å². The second kappa shape index (κ2) is 4.66. The molecule has 1 aliphatic heterocycles. The molecule has 20 heavy (non-hydrogen) atoms. The monoisotopic (exact) mass is 278 g/mol. The summed E-state index contributed by atoms with van der Waals surface area (Å²) in [5.74, 6) is -1.95. The largest absolute Gasteiger partial charge is 0.497 e. The Labute approximate surface area is 117 Å². The summed E-state index contributed by atoms with van der Waals surface area (Å²) < 4.78 is 5.39. The van der Waals surface area contributed by atoms with Gasteiger partial charge in [0, 0.05) is 17.9 Å². The molecular formula is C15H18O5. The number of fused-ring (bicyclic) bond motifs is 1. The molecule has 2 rings (SSSR count). The lowest BCUT2D eigenvalue weighted by Crippen LogP contribution is -2.53. The molecule has 0 saturated carbocycles. The zero-order chi connectivity index (χ0) is 15.2. The van der Waals surface area contributed by atoms with Crippen LogP contribution in [-0.4, -0.2) is 34.2 Å². The fourth-order valence-corrected chi connectivity index (χ4v) is 2.84. The minimum Gasteiger partial charge on any atom is -0.497 e. The number of ether oxygens (including phenoxy) is 1. The van der Waals surface area contributed by atoms with Crippen LogP contribution in [-0.2, 0) is 19.1 Å². The number of carbonyl (C=O) groups excluding carboxylic acids is 3. The Kier molecular flexibility index (Phi) is 3.42. The third-order valence-electron chi connectivity index (χ3n) is 4.10. The third kappa shape index (κ3) is 1.93. The minimum absolute atomic E-state index is 0.121. The van der Waals surface area contributed by atoms with E-state index in [1.807, 2.05) is 13.8 Å². The number of carbonyl (C=O) groups is 3. The van der Waals surface area contributed by atoms with Gasteiger partial charge in [-0.25, -0.2) is 0 Å². The van der Waals surface area contributed by atoms with E-state index in [1.165, 1.54) is 13.2 Å². The van der Waals surface area contributed by atoms with Gasteiger partial charge in [0.1, 0.15) is 11.9 Å². The van der Waals surface area contributed by atoms with Gasteiger partial charge in [0.25, 0.3) is 0 Å². The first-order valence-electron chi connectivity index (χ1n) is 6.58. The van der Waals surface area contributed by atoms with E-state index in [1.54, 1.807) is 6.92 Å². The number of rotatable bonds is 2. The number of hydrogen-bond acceptors (Lipinski definition) is 5. The Balaban J connectivity index is 2.60. The molecule has 0 radical (unpaired) electrons. The van der Waals surface area contributed by atoms with Crippen LogP contribution in [0.5, 0.6) is 0 Å². The van der Waals surface area contributed by atoms with Gasteiger partial charge in [0.05, 0.1) is 11.8 Å². The summed E-state index contributed by atoms with van der Waals surface area (Å²) in [4.78, 5) is 36.0. The molecule has 0 spiro atoms. The Morgan fingerprint density at radius 1 is 1.35 bits per heavy atom. The fraction of sp³-hybridized carbons (Fsp3) is 0.533. The van der Waals surface area contributed by atoms with E-state index < -0.39 is 29.4 Å². The molecule has 1 unspecified atom stereocenters. The molecule has 0 amide bonds. The number of aliphatic hydroxyl groups is 1. The maximum absolute atomic E-state index is 12.4. The van der Waals surface area contributed by atoms with Crippen LogP contribution >= 0.6 is 0 Å². The van der Waals surface area contributed by atoms with Gasteiger partial charge in [-0.05, 0) is 26.3 Å². The van der Waals surface area contributed by atoms with E-state index in [9.17, 15) is 19.5 Å². The first-order valence-corrected chi connectivity index (χ1v) is 6.58. The highest BCUT2D eigenvalue weighted by atomic mass is 16.5. The minimum atomic E-state index is -2.28. The number of Topliss-reactive ketones (excluding diaryl/α,β-unsaturated/α-hetero) is 3. The lowest BCUT2D eigenvalue weighted by molar-refractivity contribution is -0.151. The van der Waals surface area contributed by atoms with Crippen LogP contribution in [0.3, 0.4) is 0 Å². The lowest BCUT2D eigenvalue weighted by atomic mass is 9.69. The van der Waals surface area contributed by atoms with Crippen molar-refractivity contribution in [3.05, 3.63) is 23.0 Å². The molecule has 0 bridgehead atoms. The SMILES string of the molecule is CC(=O)CC1(O)C(=O)C2=CO[C@H](C)[C@@H](C)C2=C(C)C1=O. The van der Waals surface area contributed by atoms with Gasteiger partial charge in [-0.1, -0.05) is 6.92 Å². The maximum Gasteiger partial charge on any atom is 0.206 e. The van der Waals surface area contributed by atoms with Crippen LogP contribution in [0.15, 0.2) is 23.0 Å². The van der Waals surface area contributed by atoms with Crippen molar-refractivity contribution in [3.63, 3.8) is 0 Å². The maximum atomic E-state index is 12.4. The standard InChI is InChI=1S/C15H18O5/c1-7(16)5-15(19)13(17)9(3)12-8(2)10(4)20-6-11(12)14(15)18/h6,8,10,19H,5H2,1-4H3/t8-,10-,15?/m1/s1. The molecule has 1 aliphatic carbocycles. The molecule has 108 valence electrons. The summed E-state index contributed by atoms with van der Waals surface area (Å²) >= 11 is 0. The molecule has 5 nitrogen and oxygen atoms in total. The molecule has 0 fully saturated rings. The van der Waals surface area contributed by atoms with Crippen molar-refractivity contribution in [2.24, 2.45) is 5.92 Å². The van der Waals surface area contributed by atoms with E-state index in [0.29, 0.717) is 11.1 Å². The van der Waals surface area contributed by atoms with Gasteiger partial charge in [0.2, 0.25) is 5.78 Å². The third-order valence-corrected chi connectivity index (χ3v) is 4.10. The molecule has 1 N–H and O–H groups in total. The summed E-state index contributed by atoms with van der Waals surface area (Å²) in [5, 5.41) is 10.4. The van der Waals surface area contributed by atoms with E-state index >= 15 is 0 Å². The average molecular weight is 278 g/mol. The molecule has 0 aromatic carbocycles. The number of ketones is 3. The van der Waals surface area contributed by atoms with E-state index in [4.69, 9.17) is 4.74 Å². The molecule has 1 heterocycles. The predicted molar refractivity (Wildman–Crippen MR) is 70.8 cm³/mol. The molecule has 0 aromatic heterocycles. The van der Waals surface area contributed by atoms with Gasteiger partial charge in [-0.2, -0.15) is 0 Å². The molecular weight excluding hydrogens is 260 g/mol. The summed E-state index contributed by atoms with van der Waals surface area (Å²) in [6.07, 6.45) is 0.642. The highest BCUT2D eigenvalue weighted by Crippen LogP contribution is 2.40. The molecule has 5 heteroatoms. The van der Waals surface area contributed by atoms with Crippen molar-refractivity contribution in [1.82, 2.24) is 0 Å². The van der Waals surface area contributed by atoms with Gasteiger partial charge >= 0.3 is 0 Å². The highest BCUT2D eigenvalue weighted by molar-refractivity contribution is 6.28. The Hall–Kier alpha value is -1.75. The Bertz CT molecular complexity index is 547. The summed E-state index contributed by atoms with van der Waals surface area (Å²) in [5.41, 5.74) is -1.12. The average Bonchev–Trinajstić information content (AvgIpc) is 2.37. The molecule has 0 saturated heterocycles. The highest BCUT2D eigenvalue weighted by Gasteiger charge is 2.52. The fourth-order valence-electron chi connectivity index (χ4n) is 2.84. The molecule has 0 aromatic rings. The van der Waals surface area contributed by atoms with Crippen molar-refractivity contribution in [2.45, 2.75) is 45.8 Å². The van der Waals surface area contributed by atoms with Crippen molar-refractivity contribution in [2.75, 3.05) is 0 Å². The van der Waals surface area contributed by atoms with Crippen LogP contribution in [0.1, 0.15) is 34.1 Å². The van der Waals surface area contributed by atoms with Crippen LogP contribution in [0.25, 0.3) is 0 Å². The van der Waals surface area contributed by atoms with Crippen molar-refractivity contribution in [1.29, 1.82) is 0 Å². The van der Waals surface area contributed by atoms with Crippen molar-refractivity contribution in [3.8, 4) is 0 Å². The van der Waals surface area contributed by atoms with Crippen molar-refractivity contribution >= 4 is 17.3 Å². The van der Waals surface area contributed by atoms with E-state index in [2.05, 4.69) is 0 Å². The molecule has 2 aliphatic rings. The van der Waals surface area contributed by atoms with Crippen LogP contribution in [0, 0.1) is 5.92 Å². The normalized spacial score (nSPS) is 33.5. The smallest absolute Gasteiger partial charge is 0.206 e. The van der Waals surface area contributed by atoms with Crippen LogP contribution in [0.2, 0.25) is 0 Å². The molecule has 3 atom stereocenters. The van der Waals surface area contributed by atoms with Gasteiger partial charge in [-0.3, -0.25) is 14.4 Å². The topological polar surface area (TPSA) is 80.7 Å². The second-order valence-electron chi connectivity index (χ2n) is 5.60. The zero-order valence-electron chi connectivity index (χ0n) is 12.0. The van der Waals surface area contributed by atoms with E-state index in [-0.39, 0.29) is 17.6 Å². The van der Waals surface area contributed by atoms with Gasteiger partial charge in [0.15, 0.2) is 11.4 Å². The lowest BCUT2D eigenvalue weighted by Gasteiger charge is -2.38. The number of hydrogen-bond donors (Lipinski definition) is 1. The van der Waals surface area contributed by atoms with Gasteiger partial charge < -0.3 is 9.84 Å². The van der Waals surface area contributed by atoms with Crippen molar-refractivity contribution < 1.29 is 24.2 Å². The van der Waals surface area contributed by atoms with Gasteiger partial charge in [-0.15, -0.1) is 0 Å². The predicted octanol–water partition coefficient (Wildman–Crippen LogP) is 1.10. The Morgan fingerprint density at radius 3 is 2.50 bits per heavy atom. The van der Waals surface area contributed by atoms with Crippen LogP contribution in [0.4, 0.5) is 0 Å².